The molecule has 4 N–H and O–H groups in total. The molecule has 1 aliphatic rings. The standard InChI is InChI=1S/C36H39N3O5S/c1-3-37-36(42)38-21-25-9-15-29(16-10-25)35-43-32(23-45-31-19-17-30(18-20-31)39-24(2)41)33(27-7-5-4-6-8-27)34(44-35)28-13-11-26(22-40)12-14-28/h4-20,32-35,40H,3,21-23H2,1-2H3,(H,39,41)(H2,37,38,42). The Morgan fingerprint density at radius 1 is 0.778 bits per heavy atom. The Morgan fingerprint density at radius 3 is 2.09 bits per heavy atom. The van der Waals surface area contributed by atoms with Gasteiger partial charge in [-0.1, -0.05) is 78.9 Å². The number of carbonyl (C=O) groups is 2. The van der Waals surface area contributed by atoms with Gasteiger partial charge in [-0.3, -0.25) is 4.79 Å². The number of ether oxygens (including phenoxy) is 2. The molecule has 45 heavy (non-hydrogen) atoms. The van der Waals surface area contributed by atoms with Crippen LogP contribution in [0.5, 0.6) is 0 Å². The molecule has 4 atom stereocenters. The number of benzene rings is 4. The monoisotopic (exact) mass is 625 g/mol. The molecule has 1 aliphatic heterocycles. The Labute approximate surface area is 268 Å². The van der Waals surface area contributed by atoms with Crippen LogP contribution in [-0.4, -0.2) is 35.4 Å². The highest BCUT2D eigenvalue weighted by molar-refractivity contribution is 7.99. The Hall–Kier alpha value is -4.15. The number of aliphatic hydroxyl groups is 1. The number of hydrogen-bond acceptors (Lipinski definition) is 6. The molecule has 0 aromatic heterocycles. The summed E-state index contributed by atoms with van der Waals surface area (Å²) >= 11 is 1.70. The molecule has 0 bridgehead atoms. The van der Waals surface area contributed by atoms with Gasteiger partial charge in [-0.2, -0.15) is 0 Å². The number of carbonyl (C=O) groups excluding carboxylic acids is 2. The highest BCUT2D eigenvalue weighted by atomic mass is 32.2. The van der Waals surface area contributed by atoms with Crippen LogP contribution in [0, 0.1) is 0 Å². The van der Waals surface area contributed by atoms with Gasteiger partial charge in [0.05, 0.1) is 18.8 Å². The minimum Gasteiger partial charge on any atom is -0.392 e. The molecule has 4 aromatic carbocycles. The van der Waals surface area contributed by atoms with Crippen molar-refractivity contribution in [2.45, 2.75) is 56.3 Å². The summed E-state index contributed by atoms with van der Waals surface area (Å²) in [5, 5.41) is 18.1. The van der Waals surface area contributed by atoms with Crippen LogP contribution in [0.3, 0.4) is 0 Å². The second-order valence-electron chi connectivity index (χ2n) is 10.9. The summed E-state index contributed by atoms with van der Waals surface area (Å²) in [6.45, 7) is 4.33. The van der Waals surface area contributed by atoms with Gasteiger partial charge >= 0.3 is 6.03 Å². The minimum absolute atomic E-state index is 0.0268. The second-order valence-corrected chi connectivity index (χ2v) is 12.0. The minimum atomic E-state index is -0.620. The van der Waals surface area contributed by atoms with Crippen molar-refractivity contribution >= 4 is 29.4 Å². The van der Waals surface area contributed by atoms with Crippen molar-refractivity contribution in [1.29, 1.82) is 0 Å². The third-order valence-corrected chi connectivity index (χ3v) is 8.70. The summed E-state index contributed by atoms with van der Waals surface area (Å²) in [7, 11) is 0. The quantitative estimate of drug-likeness (QED) is 0.138. The summed E-state index contributed by atoms with van der Waals surface area (Å²) in [5.74, 6) is 0.458. The first-order valence-corrected chi connectivity index (χ1v) is 16.1. The maximum atomic E-state index is 11.9. The first-order chi connectivity index (χ1) is 21.9. The number of urea groups is 1. The summed E-state index contributed by atoms with van der Waals surface area (Å²) < 4.78 is 13.6. The third kappa shape index (κ3) is 8.73. The highest BCUT2D eigenvalue weighted by Crippen LogP contribution is 2.48. The van der Waals surface area contributed by atoms with Gasteiger partial charge in [-0.25, -0.2) is 4.79 Å². The lowest BCUT2D eigenvalue weighted by Crippen LogP contribution is -2.38. The molecule has 8 nitrogen and oxygen atoms in total. The van der Waals surface area contributed by atoms with Crippen LogP contribution in [0.15, 0.2) is 108 Å². The van der Waals surface area contributed by atoms with Crippen molar-refractivity contribution in [3.05, 3.63) is 131 Å². The van der Waals surface area contributed by atoms with Crippen LogP contribution in [-0.2, 0) is 27.4 Å². The fourth-order valence-corrected chi connectivity index (χ4v) is 6.34. The lowest BCUT2D eigenvalue weighted by Gasteiger charge is -2.43. The summed E-state index contributed by atoms with van der Waals surface area (Å²) in [4.78, 5) is 24.4. The van der Waals surface area contributed by atoms with Gasteiger partial charge in [0.25, 0.3) is 0 Å². The van der Waals surface area contributed by atoms with Crippen LogP contribution in [0.4, 0.5) is 10.5 Å². The van der Waals surface area contributed by atoms with Crippen LogP contribution >= 0.6 is 11.8 Å². The second kappa shape index (κ2) is 15.7. The van der Waals surface area contributed by atoms with E-state index in [9.17, 15) is 14.7 Å². The molecular weight excluding hydrogens is 586 g/mol. The van der Waals surface area contributed by atoms with Crippen LogP contribution in [0.2, 0.25) is 0 Å². The normalized spacial score (nSPS) is 19.4. The van der Waals surface area contributed by atoms with Gasteiger partial charge < -0.3 is 30.5 Å². The Kier molecular flexibility index (Phi) is 11.3. The van der Waals surface area contributed by atoms with Crippen molar-refractivity contribution in [3.63, 3.8) is 0 Å². The molecular formula is C36H39N3O5S. The Bertz CT molecular complexity index is 1530. The molecule has 0 spiro atoms. The molecule has 1 saturated heterocycles. The number of thioether (sulfide) groups is 1. The van der Waals surface area contributed by atoms with Gasteiger partial charge in [0.1, 0.15) is 0 Å². The predicted octanol–water partition coefficient (Wildman–Crippen LogP) is 6.69. The van der Waals surface area contributed by atoms with Crippen LogP contribution in [0.25, 0.3) is 0 Å². The number of rotatable bonds is 11. The number of nitrogens with one attached hydrogen (secondary N) is 3. The van der Waals surface area contributed by atoms with E-state index in [1.165, 1.54) is 6.92 Å². The zero-order valence-corrected chi connectivity index (χ0v) is 26.3. The molecule has 3 amide bonds. The largest absolute Gasteiger partial charge is 0.392 e. The van der Waals surface area contributed by atoms with Crippen LogP contribution in [0.1, 0.15) is 60.0 Å². The Morgan fingerprint density at radius 2 is 1.44 bits per heavy atom. The van der Waals surface area contributed by atoms with Crippen molar-refractivity contribution < 1.29 is 24.2 Å². The van der Waals surface area contributed by atoms with Gasteiger partial charge in [0, 0.05) is 47.8 Å². The third-order valence-electron chi connectivity index (χ3n) is 7.60. The van der Waals surface area contributed by atoms with E-state index in [2.05, 4.69) is 28.1 Å². The van der Waals surface area contributed by atoms with E-state index < -0.39 is 6.29 Å². The average molecular weight is 626 g/mol. The van der Waals surface area contributed by atoms with E-state index in [1.54, 1.807) is 11.8 Å². The van der Waals surface area contributed by atoms with Gasteiger partial charge in [0.2, 0.25) is 5.91 Å². The zero-order valence-electron chi connectivity index (χ0n) is 25.4. The lowest BCUT2D eigenvalue weighted by molar-refractivity contribution is -0.255. The van der Waals surface area contributed by atoms with E-state index in [0.29, 0.717) is 18.8 Å². The summed E-state index contributed by atoms with van der Waals surface area (Å²) in [6.07, 6.45) is -1.15. The van der Waals surface area contributed by atoms with Crippen molar-refractivity contribution in [2.75, 3.05) is 17.6 Å². The maximum absolute atomic E-state index is 11.9. The topological polar surface area (TPSA) is 109 Å². The van der Waals surface area contributed by atoms with Gasteiger partial charge in [0.15, 0.2) is 6.29 Å². The average Bonchev–Trinajstić information content (AvgIpc) is 3.07. The Balaban J connectivity index is 1.43. The molecule has 1 heterocycles. The van der Waals surface area contributed by atoms with E-state index in [1.807, 2.05) is 97.9 Å². The smallest absolute Gasteiger partial charge is 0.315 e. The SMILES string of the molecule is CCNC(=O)NCc1ccc(C2OC(CSc3ccc(NC(C)=O)cc3)C(c3ccccc3)C(c3ccc(CO)cc3)O2)cc1. The van der Waals surface area contributed by atoms with E-state index in [0.717, 1.165) is 38.4 Å². The molecule has 4 aromatic rings. The maximum Gasteiger partial charge on any atom is 0.315 e. The van der Waals surface area contributed by atoms with Crippen molar-refractivity contribution in [3.8, 4) is 0 Å². The highest BCUT2D eigenvalue weighted by Gasteiger charge is 2.41. The van der Waals surface area contributed by atoms with Crippen molar-refractivity contribution in [2.24, 2.45) is 0 Å². The molecule has 0 radical (unpaired) electrons. The molecule has 1 fully saturated rings. The van der Waals surface area contributed by atoms with E-state index in [-0.39, 0.29) is 36.7 Å². The first kappa shape index (κ1) is 32.2. The van der Waals surface area contributed by atoms with Gasteiger partial charge in [-0.15, -0.1) is 11.8 Å². The predicted molar refractivity (Wildman–Crippen MR) is 177 cm³/mol. The summed E-state index contributed by atoms with van der Waals surface area (Å²) in [6, 6.07) is 33.7. The zero-order chi connectivity index (χ0) is 31.6. The van der Waals surface area contributed by atoms with Crippen molar-refractivity contribution in [1.82, 2.24) is 10.6 Å². The molecule has 9 heteroatoms. The fraction of sp³-hybridized carbons (Fsp3) is 0.278. The number of amides is 3. The molecule has 0 saturated carbocycles. The summed E-state index contributed by atoms with van der Waals surface area (Å²) in [5.41, 5.74) is 5.57. The lowest BCUT2D eigenvalue weighted by atomic mass is 9.84. The van der Waals surface area contributed by atoms with E-state index in [4.69, 9.17) is 9.47 Å². The number of hydrogen-bond donors (Lipinski definition) is 4. The number of aliphatic hydroxyl groups excluding tert-OH is 1. The molecule has 5 rings (SSSR count). The fourth-order valence-electron chi connectivity index (χ4n) is 5.37. The molecule has 234 valence electrons. The number of anilines is 1. The molecule has 0 aliphatic carbocycles. The first-order valence-electron chi connectivity index (χ1n) is 15.1. The van der Waals surface area contributed by atoms with Gasteiger partial charge in [-0.05, 0) is 53.4 Å². The molecule has 4 unspecified atom stereocenters. The van der Waals surface area contributed by atoms with Crippen LogP contribution < -0.4 is 16.0 Å². The van der Waals surface area contributed by atoms with E-state index >= 15 is 0 Å².